The van der Waals surface area contributed by atoms with E-state index in [4.69, 9.17) is 4.74 Å². The van der Waals surface area contributed by atoms with E-state index < -0.39 is 34.6 Å². The van der Waals surface area contributed by atoms with Crippen LogP contribution < -0.4 is 10.6 Å². The Morgan fingerprint density at radius 2 is 1.88 bits per heavy atom. The summed E-state index contributed by atoms with van der Waals surface area (Å²) in [5.41, 5.74) is -1.77. The van der Waals surface area contributed by atoms with E-state index >= 15 is 0 Å². The maximum atomic E-state index is 13.8. The van der Waals surface area contributed by atoms with Gasteiger partial charge >= 0.3 is 0 Å². The van der Waals surface area contributed by atoms with Gasteiger partial charge in [0.05, 0.1) is 17.4 Å². The van der Waals surface area contributed by atoms with Crippen LogP contribution in [0, 0.1) is 17.8 Å². The van der Waals surface area contributed by atoms with E-state index in [9.17, 15) is 19.5 Å². The number of carbonyl (C=O) groups excluding carboxylic acids is 3. The standard InChI is InChI=1S/C25H35N3O5/c1-15-14-25-18(17(24(15,5)33-25)20(30)26-16-10-7-6-8-11-16)22(32)28(12-9-13-29)19(25)21(31)27-23(2,3)4/h6-8,10-11,15,17-19,29H,9,12-14H2,1-5H3,(H,26,30)(H,27,31)/t15?,17-,18-,19?,24+,25?/m0/s1. The zero-order valence-corrected chi connectivity index (χ0v) is 20.1. The van der Waals surface area contributed by atoms with Gasteiger partial charge in [-0.05, 0) is 58.6 Å². The quantitative estimate of drug-likeness (QED) is 0.605. The second kappa shape index (κ2) is 8.09. The van der Waals surface area contributed by atoms with Gasteiger partial charge in [-0.15, -0.1) is 0 Å². The summed E-state index contributed by atoms with van der Waals surface area (Å²) in [5, 5.41) is 15.4. The first-order valence-electron chi connectivity index (χ1n) is 11.7. The van der Waals surface area contributed by atoms with E-state index in [1.54, 1.807) is 12.1 Å². The number of amides is 3. The smallest absolute Gasteiger partial charge is 0.246 e. The average molecular weight is 458 g/mol. The highest BCUT2D eigenvalue weighted by Gasteiger charge is 2.79. The number of nitrogens with one attached hydrogen (secondary N) is 2. The number of hydrogen-bond acceptors (Lipinski definition) is 5. The molecule has 3 saturated heterocycles. The lowest BCUT2D eigenvalue weighted by Crippen LogP contribution is -2.58. The van der Waals surface area contributed by atoms with Crippen molar-refractivity contribution in [3.05, 3.63) is 30.3 Å². The zero-order chi connectivity index (χ0) is 24.2. The highest BCUT2D eigenvalue weighted by molar-refractivity contribution is 6.02. The van der Waals surface area contributed by atoms with Gasteiger partial charge in [0.2, 0.25) is 17.7 Å². The number of hydrogen-bond donors (Lipinski definition) is 3. The number of para-hydroxylation sites is 1. The van der Waals surface area contributed by atoms with Gasteiger partial charge in [-0.3, -0.25) is 14.4 Å². The molecule has 0 aromatic heterocycles. The van der Waals surface area contributed by atoms with Gasteiger partial charge in [0.15, 0.2) is 0 Å². The van der Waals surface area contributed by atoms with E-state index in [1.165, 1.54) is 4.90 Å². The fourth-order valence-corrected chi connectivity index (χ4v) is 6.10. The molecular weight excluding hydrogens is 422 g/mol. The third-order valence-corrected chi connectivity index (χ3v) is 7.44. The van der Waals surface area contributed by atoms with Crippen molar-refractivity contribution in [1.82, 2.24) is 10.2 Å². The van der Waals surface area contributed by atoms with E-state index in [2.05, 4.69) is 10.6 Å². The average Bonchev–Trinajstić information content (AvgIpc) is 3.23. The molecule has 0 aliphatic carbocycles. The Labute approximate surface area is 195 Å². The molecule has 4 rings (SSSR count). The summed E-state index contributed by atoms with van der Waals surface area (Å²) in [4.78, 5) is 42.4. The van der Waals surface area contributed by atoms with Crippen molar-refractivity contribution < 1.29 is 24.2 Å². The molecule has 33 heavy (non-hydrogen) atoms. The van der Waals surface area contributed by atoms with E-state index in [0.29, 0.717) is 18.5 Å². The van der Waals surface area contributed by atoms with Crippen LogP contribution in [0.5, 0.6) is 0 Å². The predicted molar refractivity (Wildman–Crippen MR) is 123 cm³/mol. The summed E-state index contributed by atoms with van der Waals surface area (Å²) in [6.07, 6.45) is 0.869. The third-order valence-electron chi connectivity index (χ3n) is 7.44. The van der Waals surface area contributed by atoms with E-state index in [1.807, 2.05) is 52.8 Å². The van der Waals surface area contributed by atoms with Crippen molar-refractivity contribution in [2.75, 3.05) is 18.5 Å². The molecule has 0 radical (unpaired) electrons. The van der Waals surface area contributed by atoms with Crippen LogP contribution >= 0.6 is 0 Å². The summed E-state index contributed by atoms with van der Waals surface area (Å²) < 4.78 is 6.64. The largest absolute Gasteiger partial charge is 0.396 e. The van der Waals surface area contributed by atoms with Crippen LogP contribution in [0.25, 0.3) is 0 Å². The van der Waals surface area contributed by atoms with Crippen molar-refractivity contribution in [2.24, 2.45) is 17.8 Å². The summed E-state index contributed by atoms with van der Waals surface area (Å²) in [6, 6.07) is 8.30. The number of anilines is 1. The van der Waals surface area contributed by atoms with Crippen LogP contribution in [-0.4, -0.2) is 63.7 Å². The lowest BCUT2D eigenvalue weighted by atomic mass is 9.62. The van der Waals surface area contributed by atoms with Gasteiger partial charge in [0, 0.05) is 24.4 Å². The molecule has 3 heterocycles. The molecule has 0 saturated carbocycles. The number of likely N-dealkylation sites (tertiary alicyclic amines) is 1. The predicted octanol–water partition coefficient (Wildman–Crippen LogP) is 1.93. The van der Waals surface area contributed by atoms with Crippen LogP contribution in [0.3, 0.4) is 0 Å². The number of carbonyl (C=O) groups is 3. The van der Waals surface area contributed by atoms with Crippen LogP contribution in [0.1, 0.15) is 47.5 Å². The number of nitrogens with zero attached hydrogens (tertiary/aromatic N) is 1. The molecule has 3 aliphatic heterocycles. The fraction of sp³-hybridized carbons (Fsp3) is 0.640. The van der Waals surface area contributed by atoms with Crippen LogP contribution in [0.15, 0.2) is 30.3 Å². The van der Waals surface area contributed by atoms with Crippen LogP contribution in [0.2, 0.25) is 0 Å². The zero-order valence-electron chi connectivity index (χ0n) is 20.1. The SMILES string of the molecule is CC1CC23O[C@@]1(C)[C@H](C(=O)Nc1ccccc1)[C@H]2C(=O)N(CCCO)C3C(=O)NC(C)(C)C. The summed E-state index contributed by atoms with van der Waals surface area (Å²) in [5.74, 6) is -2.29. The number of fused-ring (bicyclic) bond motifs is 1. The Morgan fingerprint density at radius 3 is 2.48 bits per heavy atom. The monoisotopic (exact) mass is 457 g/mol. The minimum Gasteiger partial charge on any atom is -0.396 e. The first kappa shape index (κ1) is 23.7. The van der Waals surface area contributed by atoms with Gasteiger partial charge in [-0.2, -0.15) is 0 Å². The molecule has 3 amide bonds. The Balaban J connectivity index is 1.74. The normalized spacial score (nSPS) is 35.0. The Bertz CT molecular complexity index is 945. The molecule has 3 unspecified atom stereocenters. The van der Waals surface area contributed by atoms with Crippen molar-refractivity contribution >= 4 is 23.4 Å². The minimum atomic E-state index is -1.07. The maximum absolute atomic E-state index is 13.8. The Kier molecular flexibility index (Phi) is 5.81. The molecule has 1 spiro atoms. The molecule has 3 fully saturated rings. The molecule has 180 valence electrons. The van der Waals surface area contributed by atoms with Crippen LogP contribution in [-0.2, 0) is 19.1 Å². The van der Waals surface area contributed by atoms with Crippen molar-refractivity contribution in [2.45, 2.75) is 70.2 Å². The highest BCUT2D eigenvalue weighted by atomic mass is 16.5. The molecule has 6 atom stereocenters. The van der Waals surface area contributed by atoms with Gasteiger partial charge in [-0.1, -0.05) is 25.1 Å². The Hall–Kier alpha value is -2.45. The molecular formula is C25H35N3O5. The summed E-state index contributed by atoms with van der Waals surface area (Å²) >= 11 is 0. The maximum Gasteiger partial charge on any atom is 0.246 e. The number of aliphatic hydroxyl groups is 1. The lowest BCUT2D eigenvalue weighted by Gasteiger charge is -2.36. The Morgan fingerprint density at radius 1 is 1.21 bits per heavy atom. The third kappa shape index (κ3) is 3.73. The molecule has 1 aromatic carbocycles. The van der Waals surface area contributed by atoms with Gasteiger partial charge in [0.1, 0.15) is 11.6 Å². The first-order chi connectivity index (χ1) is 15.4. The minimum absolute atomic E-state index is 0.0178. The number of rotatable bonds is 6. The molecule has 3 N–H and O–H groups in total. The first-order valence-corrected chi connectivity index (χ1v) is 11.7. The van der Waals surface area contributed by atoms with Gasteiger partial charge in [0.25, 0.3) is 0 Å². The highest BCUT2D eigenvalue weighted by Crippen LogP contribution is 2.65. The van der Waals surface area contributed by atoms with Gasteiger partial charge in [-0.25, -0.2) is 0 Å². The molecule has 1 aromatic rings. The fourth-order valence-electron chi connectivity index (χ4n) is 6.10. The van der Waals surface area contributed by atoms with Crippen LogP contribution in [0.4, 0.5) is 5.69 Å². The second-order valence-electron chi connectivity index (χ2n) is 10.9. The van der Waals surface area contributed by atoms with Crippen molar-refractivity contribution in [3.8, 4) is 0 Å². The lowest BCUT2D eigenvalue weighted by molar-refractivity contribution is -0.147. The second-order valence-corrected chi connectivity index (χ2v) is 10.9. The number of benzene rings is 1. The molecule has 8 nitrogen and oxygen atoms in total. The van der Waals surface area contributed by atoms with Gasteiger partial charge < -0.3 is 25.4 Å². The number of ether oxygens (including phenoxy) is 1. The van der Waals surface area contributed by atoms with Crippen molar-refractivity contribution in [1.29, 1.82) is 0 Å². The van der Waals surface area contributed by atoms with E-state index in [0.717, 1.165) is 0 Å². The molecule has 8 heteroatoms. The number of aliphatic hydroxyl groups excluding tert-OH is 1. The molecule has 2 bridgehead atoms. The van der Waals surface area contributed by atoms with Crippen molar-refractivity contribution in [3.63, 3.8) is 0 Å². The topological polar surface area (TPSA) is 108 Å². The summed E-state index contributed by atoms with van der Waals surface area (Å²) in [6.45, 7) is 9.72. The van der Waals surface area contributed by atoms with E-state index in [-0.39, 0.29) is 36.8 Å². The molecule has 3 aliphatic rings. The summed E-state index contributed by atoms with van der Waals surface area (Å²) in [7, 11) is 0.